The number of aliphatic hydroxyl groups excluding tert-OH is 1. The highest BCUT2D eigenvalue weighted by Gasteiger charge is 2.48. The van der Waals surface area contributed by atoms with Gasteiger partial charge in [-0.25, -0.2) is 9.79 Å². The Morgan fingerprint density at radius 3 is 2.67 bits per heavy atom. The van der Waals surface area contributed by atoms with Crippen molar-refractivity contribution in [2.45, 2.75) is 51.5 Å². The van der Waals surface area contributed by atoms with Crippen LogP contribution in [0.5, 0.6) is 0 Å². The van der Waals surface area contributed by atoms with Gasteiger partial charge in [0.15, 0.2) is 18.2 Å². The maximum Gasteiger partial charge on any atom is 0.325 e. The Labute approximate surface area is 124 Å². The summed E-state index contributed by atoms with van der Waals surface area (Å²) in [4.78, 5) is 31.5. The molecule has 1 fully saturated rings. The Kier molecular flexibility index (Phi) is 4.36. The van der Waals surface area contributed by atoms with Crippen LogP contribution in [0.2, 0.25) is 0 Å². The minimum Gasteiger partial charge on any atom is -0.392 e. The first-order valence-electron chi connectivity index (χ1n) is 7.21. The largest absolute Gasteiger partial charge is 0.392 e. The number of guanidine groups is 1. The van der Waals surface area contributed by atoms with Crippen molar-refractivity contribution in [3.8, 4) is 0 Å². The Bertz CT molecular complexity index is 465. The maximum absolute atomic E-state index is 12.1. The lowest BCUT2D eigenvalue weighted by atomic mass is 10.1. The number of aliphatic hydroxyl groups is 1. The molecule has 0 saturated carbocycles. The molecule has 2 aliphatic rings. The molecule has 21 heavy (non-hydrogen) atoms. The molecule has 0 spiro atoms. The number of nitrogens with zero attached hydrogens (tertiary/aromatic N) is 3. The molecule has 0 aliphatic carbocycles. The van der Waals surface area contributed by atoms with Gasteiger partial charge in [-0.1, -0.05) is 6.92 Å². The van der Waals surface area contributed by atoms with Gasteiger partial charge in [0, 0.05) is 19.6 Å². The van der Waals surface area contributed by atoms with Crippen LogP contribution in [0.1, 0.15) is 27.2 Å². The molecule has 0 radical (unpaired) electrons. The number of imide groups is 1. The molecule has 0 aromatic carbocycles. The lowest BCUT2D eigenvalue weighted by Gasteiger charge is -2.36. The average molecular weight is 297 g/mol. The molecule has 8 nitrogen and oxygen atoms in total. The zero-order chi connectivity index (χ0) is 15.7. The predicted octanol–water partition coefficient (Wildman–Crippen LogP) is -0.697. The molecule has 3 N–H and O–H groups in total. The Morgan fingerprint density at radius 2 is 2.10 bits per heavy atom. The van der Waals surface area contributed by atoms with Gasteiger partial charge < -0.3 is 20.2 Å². The zero-order valence-electron chi connectivity index (χ0n) is 12.8. The van der Waals surface area contributed by atoms with Crippen LogP contribution >= 0.6 is 0 Å². The summed E-state index contributed by atoms with van der Waals surface area (Å²) in [5, 5.41) is 15.2. The molecule has 118 valence electrons. The molecule has 3 amide bonds. The van der Waals surface area contributed by atoms with Crippen molar-refractivity contribution in [2.24, 2.45) is 4.99 Å². The number of aliphatic imine (C=N–C) groups is 1. The molecular weight excluding hydrogens is 274 g/mol. The summed E-state index contributed by atoms with van der Waals surface area (Å²) in [5.74, 6) is 0.172. The fourth-order valence-corrected chi connectivity index (χ4v) is 2.45. The Balaban J connectivity index is 2.28. The predicted molar refractivity (Wildman–Crippen MR) is 77.6 cm³/mol. The topological polar surface area (TPSA) is 97.3 Å². The maximum atomic E-state index is 12.1. The lowest BCUT2D eigenvalue weighted by molar-refractivity contribution is -0.127. The van der Waals surface area contributed by atoms with Crippen molar-refractivity contribution in [2.75, 3.05) is 13.6 Å². The van der Waals surface area contributed by atoms with Gasteiger partial charge in [-0.3, -0.25) is 10.1 Å². The van der Waals surface area contributed by atoms with E-state index in [1.165, 1.54) is 4.90 Å². The smallest absolute Gasteiger partial charge is 0.325 e. The third kappa shape index (κ3) is 2.94. The summed E-state index contributed by atoms with van der Waals surface area (Å²) in [6, 6.07) is -0.870. The van der Waals surface area contributed by atoms with E-state index in [1.807, 2.05) is 13.8 Å². The van der Waals surface area contributed by atoms with Gasteiger partial charge in [0.1, 0.15) is 0 Å². The second kappa shape index (κ2) is 5.88. The molecule has 2 rings (SSSR count). The van der Waals surface area contributed by atoms with E-state index in [0.29, 0.717) is 5.96 Å². The third-order valence-electron chi connectivity index (χ3n) is 3.81. The van der Waals surface area contributed by atoms with Gasteiger partial charge in [-0.15, -0.1) is 0 Å². The molecule has 0 bridgehead atoms. The number of β-amino-alcohol motifs (C(OH)–C–C–N with tert-alkyl or cyclic N) is 1. The quantitative estimate of drug-likeness (QED) is 0.638. The number of rotatable bonds is 4. The van der Waals surface area contributed by atoms with E-state index in [9.17, 15) is 14.7 Å². The van der Waals surface area contributed by atoms with Crippen LogP contribution in [0, 0.1) is 0 Å². The summed E-state index contributed by atoms with van der Waals surface area (Å²) < 4.78 is 0. The molecule has 4 atom stereocenters. The number of urea groups is 1. The van der Waals surface area contributed by atoms with Crippen LogP contribution in [0.3, 0.4) is 0 Å². The summed E-state index contributed by atoms with van der Waals surface area (Å²) in [5.41, 5.74) is 0. The number of hydrogen-bond donors (Lipinski definition) is 3. The fraction of sp³-hybridized carbons (Fsp3) is 0.769. The monoisotopic (exact) mass is 297 g/mol. The fourth-order valence-electron chi connectivity index (χ4n) is 2.45. The van der Waals surface area contributed by atoms with Crippen molar-refractivity contribution < 1.29 is 14.7 Å². The molecule has 8 heteroatoms. The highest BCUT2D eigenvalue weighted by Crippen LogP contribution is 2.23. The van der Waals surface area contributed by atoms with Crippen LogP contribution in [-0.4, -0.2) is 70.8 Å². The molecule has 1 saturated heterocycles. The first kappa shape index (κ1) is 15.6. The number of amides is 3. The second-order valence-corrected chi connectivity index (χ2v) is 5.67. The summed E-state index contributed by atoms with van der Waals surface area (Å²) in [7, 11) is 1.61. The Morgan fingerprint density at radius 1 is 1.43 bits per heavy atom. The van der Waals surface area contributed by atoms with Gasteiger partial charge >= 0.3 is 6.03 Å². The van der Waals surface area contributed by atoms with Crippen LogP contribution in [0.4, 0.5) is 4.79 Å². The van der Waals surface area contributed by atoms with Crippen molar-refractivity contribution in [3.05, 3.63) is 0 Å². The standard InChI is InChI=1S/C13H23N5O3/c1-5-7(2)14-12-15-10-9(18(12)6-8(3)19)11(20)16-13(21)17(10)4/h7-10,19H,5-6H2,1-4H3,(H,14,15)(H,16,20,21). The molecular formula is C13H23N5O3. The van der Waals surface area contributed by atoms with E-state index in [-0.39, 0.29) is 18.5 Å². The van der Waals surface area contributed by atoms with Gasteiger partial charge in [-0.2, -0.15) is 0 Å². The zero-order valence-corrected chi connectivity index (χ0v) is 12.8. The number of hydrogen-bond acceptors (Lipinski definition) is 6. The first-order valence-corrected chi connectivity index (χ1v) is 7.21. The normalized spacial score (nSPS) is 28.0. The van der Waals surface area contributed by atoms with Crippen molar-refractivity contribution in [1.29, 1.82) is 0 Å². The van der Waals surface area contributed by atoms with Gasteiger partial charge in [-0.05, 0) is 20.3 Å². The van der Waals surface area contributed by atoms with E-state index in [2.05, 4.69) is 15.6 Å². The molecule has 0 aromatic rings. The van der Waals surface area contributed by atoms with E-state index in [1.54, 1.807) is 18.9 Å². The minimum absolute atomic E-state index is 0.185. The van der Waals surface area contributed by atoms with Crippen LogP contribution in [0.25, 0.3) is 0 Å². The van der Waals surface area contributed by atoms with Gasteiger partial charge in [0.2, 0.25) is 0 Å². The van der Waals surface area contributed by atoms with Crippen LogP contribution < -0.4 is 10.6 Å². The molecule has 2 heterocycles. The minimum atomic E-state index is -0.608. The highest BCUT2D eigenvalue weighted by atomic mass is 16.3. The second-order valence-electron chi connectivity index (χ2n) is 5.67. The third-order valence-corrected chi connectivity index (χ3v) is 3.81. The van der Waals surface area contributed by atoms with Crippen molar-refractivity contribution in [1.82, 2.24) is 20.4 Å². The summed E-state index contributed by atoms with van der Waals surface area (Å²) in [6.45, 7) is 5.99. The number of likely N-dealkylation sites (N-methyl/N-ethyl adjacent to an activating group) is 1. The average Bonchev–Trinajstić information content (AvgIpc) is 2.74. The van der Waals surface area contributed by atoms with E-state index >= 15 is 0 Å². The number of nitrogens with one attached hydrogen (secondary N) is 2. The molecule has 4 unspecified atom stereocenters. The van der Waals surface area contributed by atoms with Crippen LogP contribution in [-0.2, 0) is 4.79 Å². The van der Waals surface area contributed by atoms with E-state index < -0.39 is 24.3 Å². The Hall–Kier alpha value is -1.83. The summed E-state index contributed by atoms with van der Waals surface area (Å²) in [6.07, 6.45) is -0.266. The van der Waals surface area contributed by atoms with E-state index in [0.717, 1.165) is 6.42 Å². The van der Waals surface area contributed by atoms with Gasteiger partial charge in [0.05, 0.1) is 6.10 Å². The van der Waals surface area contributed by atoms with E-state index in [4.69, 9.17) is 0 Å². The summed E-state index contributed by atoms with van der Waals surface area (Å²) >= 11 is 0. The molecule has 2 aliphatic heterocycles. The van der Waals surface area contributed by atoms with Crippen molar-refractivity contribution in [3.63, 3.8) is 0 Å². The number of carbonyl (C=O) groups is 2. The van der Waals surface area contributed by atoms with Crippen molar-refractivity contribution >= 4 is 17.9 Å². The van der Waals surface area contributed by atoms with Crippen LogP contribution in [0.15, 0.2) is 4.99 Å². The van der Waals surface area contributed by atoms with Gasteiger partial charge in [0.25, 0.3) is 5.91 Å². The number of carbonyl (C=O) groups excluding carboxylic acids is 2. The first-order chi connectivity index (χ1) is 9.85. The SMILES string of the molecule is CCC(C)NC1=NC2C(C(=O)NC(=O)N2C)N1CC(C)O. The molecule has 0 aromatic heterocycles. The highest BCUT2D eigenvalue weighted by molar-refractivity contribution is 6.03. The lowest BCUT2D eigenvalue weighted by Crippen LogP contribution is -2.64. The number of fused-ring (bicyclic) bond motifs is 1.